The number of hydrogen-bond donors (Lipinski definition) is 0. The van der Waals surface area contributed by atoms with E-state index in [0.29, 0.717) is 6.42 Å². The van der Waals surface area contributed by atoms with E-state index in [1.54, 1.807) is 11.8 Å². The highest BCUT2D eigenvalue weighted by atomic mass is 32.2. The quantitative estimate of drug-likeness (QED) is 0.771. The summed E-state index contributed by atoms with van der Waals surface area (Å²) >= 11 is 1.64. The summed E-state index contributed by atoms with van der Waals surface area (Å²) in [6.07, 6.45) is 3.02. The summed E-state index contributed by atoms with van der Waals surface area (Å²) in [7, 11) is 0. The first kappa shape index (κ1) is 15.4. The molecule has 1 aliphatic rings. The molecule has 3 nitrogen and oxygen atoms in total. The molecule has 0 aliphatic carbocycles. The van der Waals surface area contributed by atoms with E-state index >= 15 is 0 Å². The number of carbonyl (C=O) groups is 1. The summed E-state index contributed by atoms with van der Waals surface area (Å²) in [6.45, 7) is 4.80. The van der Waals surface area contributed by atoms with Gasteiger partial charge < -0.3 is 9.47 Å². The van der Waals surface area contributed by atoms with Crippen LogP contribution in [0.2, 0.25) is 0 Å². The number of hydrogen-bond acceptors (Lipinski definition) is 4. The maximum atomic E-state index is 11.7. The van der Waals surface area contributed by atoms with Gasteiger partial charge in [-0.15, -0.1) is 0 Å². The molecule has 4 heteroatoms. The van der Waals surface area contributed by atoms with E-state index in [1.165, 1.54) is 5.56 Å². The fourth-order valence-corrected chi connectivity index (χ4v) is 3.20. The molecule has 1 aromatic rings. The summed E-state index contributed by atoms with van der Waals surface area (Å²) in [6, 6.07) is 8.35. The van der Waals surface area contributed by atoms with Gasteiger partial charge in [-0.25, -0.2) is 0 Å². The summed E-state index contributed by atoms with van der Waals surface area (Å²) < 4.78 is 11.3. The summed E-state index contributed by atoms with van der Waals surface area (Å²) in [5, 5.41) is 0. The third-order valence-corrected chi connectivity index (χ3v) is 4.45. The van der Waals surface area contributed by atoms with Crippen molar-refractivity contribution in [2.24, 2.45) is 0 Å². The van der Waals surface area contributed by atoms with Crippen molar-refractivity contribution in [2.75, 3.05) is 6.61 Å². The van der Waals surface area contributed by atoms with Crippen LogP contribution in [0.15, 0.2) is 29.2 Å². The summed E-state index contributed by atoms with van der Waals surface area (Å²) in [4.78, 5) is 12.8. The van der Waals surface area contributed by atoms with Crippen LogP contribution in [-0.4, -0.2) is 24.1 Å². The molecule has 0 unspecified atom stereocenters. The van der Waals surface area contributed by atoms with Gasteiger partial charge in [0.15, 0.2) is 0 Å². The van der Waals surface area contributed by atoms with E-state index in [9.17, 15) is 4.79 Å². The van der Waals surface area contributed by atoms with Crippen molar-refractivity contribution in [1.29, 1.82) is 0 Å². The van der Waals surface area contributed by atoms with E-state index in [2.05, 4.69) is 31.2 Å². The van der Waals surface area contributed by atoms with Crippen molar-refractivity contribution in [3.8, 4) is 0 Å². The van der Waals surface area contributed by atoms with Crippen LogP contribution in [0.4, 0.5) is 0 Å². The van der Waals surface area contributed by atoms with Gasteiger partial charge in [-0.05, 0) is 38.3 Å². The van der Waals surface area contributed by atoms with Gasteiger partial charge in [0.1, 0.15) is 11.5 Å². The van der Waals surface area contributed by atoms with Crippen LogP contribution in [-0.2, 0) is 14.3 Å². The minimum Gasteiger partial charge on any atom is -0.459 e. The molecule has 20 heavy (non-hydrogen) atoms. The normalized spacial score (nSPS) is 22.5. The van der Waals surface area contributed by atoms with Gasteiger partial charge in [-0.1, -0.05) is 36.4 Å². The van der Waals surface area contributed by atoms with E-state index in [1.807, 2.05) is 6.92 Å². The molecule has 1 heterocycles. The number of carbonyl (C=O) groups excluding carboxylic acids is 1. The van der Waals surface area contributed by atoms with Crippen molar-refractivity contribution in [1.82, 2.24) is 0 Å². The minimum absolute atomic E-state index is 0.0905. The average molecular weight is 294 g/mol. The van der Waals surface area contributed by atoms with Crippen molar-refractivity contribution in [2.45, 2.75) is 56.0 Å². The summed E-state index contributed by atoms with van der Waals surface area (Å²) in [5.74, 6) is -0.113. The third-order valence-electron chi connectivity index (χ3n) is 3.23. The Morgan fingerprint density at radius 3 is 2.85 bits per heavy atom. The van der Waals surface area contributed by atoms with Gasteiger partial charge in [0.05, 0.1) is 0 Å². The number of ether oxygens (including phenoxy) is 2. The zero-order valence-corrected chi connectivity index (χ0v) is 12.9. The molecular formula is C16H22O3S. The molecule has 0 aromatic heterocycles. The molecule has 2 rings (SSSR count). The molecule has 1 aliphatic heterocycles. The van der Waals surface area contributed by atoms with Gasteiger partial charge >= 0.3 is 5.97 Å². The second-order valence-corrected chi connectivity index (χ2v) is 6.26. The average Bonchev–Trinajstić information content (AvgIpc) is 2.44. The maximum Gasteiger partial charge on any atom is 0.306 e. The minimum atomic E-state index is -0.130. The number of rotatable bonds is 5. The highest BCUT2D eigenvalue weighted by Gasteiger charge is 2.29. The van der Waals surface area contributed by atoms with Crippen molar-refractivity contribution < 1.29 is 14.3 Å². The van der Waals surface area contributed by atoms with Crippen LogP contribution in [0.3, 0.4) is 0 Å². The number of thioether (sulfide) groups is 1. The standard InChI is InChI=1S/C16H22O3S/c1-3-5-15(17)19-14-6-4-11-18-16(14)20-13-9-7-12(2)8-10-13/h7-10,14,16H,3-6,11H2,1-2H3/t14-,16+/m0/s1. The van der Waals surface area contributed by atoms with E-state index in [-0.39, 0.29) is 17.5 Å². The van der Waals surface area contributed by atoms with Crippen LogP contribution in [0, 0.1) is 6.92 Å². The van der Waals surface area contributed by atoms with Gasteiger partial charge in [0, 0.05) is 17.9 Å². The molecule has 0 N–H and O–H groups in total. The lowest BCUT2D eigenvalue weighted by molar-refractivity contribution is -0.157. The largest absolute Gasteiger partial charge is 0.459 e. The van der Waals surface area contributed by atoms with E-state index < -0.39 is 0 Å². The van der Waals surface area contributed by atoms with Gasteiger partial charge in [-0.2, -0.15) is 0 Å². The maximum absolute atomic E-state index is 11.7. The first-order valence-corrected chi connectivity index (χ1v) is 8.11. The Hall–Kier alpha value is -1.00. The molecule has 0 bridgehead atoms. The Labute approximate surface area is 125 Å². The molecule has 0 radical (unpaired) electrons. The molecule has 0 spiro atoms. The SMILES string of the molecule is CCCC(=O)O[C@H]1CCCO[C@@H]1Sc1ccc(C)cc1. The van der Waals surface area contributed by atoms with Crippen LogP contribution >= 0.6 is 11.8 Å². The molecule has 0 amide bonds. The lowest BCUT2D eigenvalue weighted by atomic mass is 10.2. The lowest BCUT2D eigenvalue weighted by Gasteiger charge is -2.30. The first-order valence-electron chi connectivity index (χ1n) is 7.23. The Morgan fingerprint density at radius 1 is 1.40 bits per heavy atom. The van der Waals surface area contributed by atoms with Crippen molar-refractivity contribution in [3.05, 3.63) is 29.8 Å². The molecule has 2 atom stereocenters. The van der Waals surface area contributed by atoms with Crippen LogP contribution in [0.1, 0.15) is 38.2 Å². The topological polar surface area (TPSA) is 35.5 Å². The number of esters is 1. The van der Waals surface area contributed by atoms with Crippen molar-refractivity contribution in [3.63, 3.8) is 0 Å². The second-order valence-electron chi connectivity index (χ2n) is 5.09. The highest BCUT2D eigenvalue weighted by Crippen LogP contribution is 2.32. The van der Waals surface area contributed by atoms with E-state index in [4.69, 9.17) is 9.47 Å². The molecule has 1 aromatic carbocycles. The highest BCUT2D eigenvalue weighted by molar-refractivity contribution is 7.99. The lowest BCUT2D eigenvalue weighted by Crippen LogP contribution is -2.35. The monoisotopic (exact) mass is 294 g/mol. The number of benzene rings is 1. The first-order chi connectivity index (χ1) is 9.69. The Bertz CT molecular complexity index is 430. The smallest absolute Gasteiger partial charge is 0.306 e. The van der Waals surface area contributed by atoms with Crippen LogP contribution < -0.4 is 0 Å². The van der Waals surface area contributed by atoms with Gasteiger partial charge in [-0.3, -0.25) is 4.79 Å². The molecular weight excluding hydrogens is 272 g/mol. The summed E-state index contributed by atoms with van der Waals surface area (Å²) in [5.41, 5.74) is 1.15. The Balaban J connectivity index is 1.95. The molecule has 1 fully saturated rings. The Morgan fingerprint density at radius 2 is 2.15 bits per heavy atom. The predicted molar refractivity (Wildman–Crippen MR) is 80.8 cm³/mol. The van der Waals surface area contributed by atoms with E-state index in [0.717, 1.165) is 30.8 Å². The zero-order chi connectivity index (χ0) is 14.4. The van der Waals surface area contributed by atoms with Crippen molar-refractivity contribution >= 4 is 17.7 Å². The number of aryl methyl sites for hydroxylation is 1. The predicted octanol–water partition coefficient (Wildman–Crippen LogP) is 3.94. The molecule has 0 saturated carbocycles. The Kier molecular flexibility index (Phi) is 5.92. The third kappa shape index (κ3) is 4.53. The molecule has 1 saturated heterocycles. The fourth-order valence-electron chi connectivity index (χ4n) is 2.13. The second kappa shape index (κ2) is 7.70. The zero-order valence-electron chi connectivity index (χ0n) is 12.1. The van der Waals surface area contributed by atoms with Gasteiger partial charge in [0.25, 0.3) is 0 Å². The van der Waals surface area contributed by atoms with Crippen LogP contribution in [0.25, 0.3) is 0 Å². The van der Waals surface area contributed by atoms with Gasteiger partial charge in [0.2, 0.25) is 0 Å². The van der Waals surface area contributed by atoms with Crippen LogP contribution in [0.5, 0.6) is 0 Å². The molecule has 110 valence electrons. The fraction of sp³-hybridized carbons (Fsp3) is 0.562.